The quantitative estimate of drug-likeness (QED) is 0.314. The molecule has 33 heavy (non-hydrogen) atoms. The van der Waals surface area contributed by atoms with Crippen LogP contribution >= 0.6 is 34.8 Å². The predicted molar refractivity (Wildman–Crippen MR) is 133 cm³/mol. The molecule has 164 valence electrons. The first-order valence-corrected chi connectivity index (χ1v) is 11.4. The van der Waals surface area contributed by atoms with Gasteiger partial charge in [0.25, 0.3) is 11.5 Å². The lowest BCUT2D eigenvalue weighted by Crippen LogP contribution is -2.33. The Balaban J connectivity index is 1.78. The Kier molecular flexibility index (Phi) is 5.75. The zero-order valence-electron chi connectivity index (χ0n) is 17.2. The summed E-state index contributed by atoms with van der Waals surface area (Å²) in [5.74, 6) is 0.198. The van der Waals surface area contributed by atoms with Gasteiger partial charge in [0.15, 0.2) is 0 Å². The summed E-state index contributed by atoms with van der Waals surface area (Å²) in [4.78, 5) is 28.7. The van der Waals surface area contributed by atoms with Crippen LogP contribution in [0, 0.1) is 0 Å². The van der Waals surface area contributed by atoms with Gasteiger partial charge >= 0.3 is 0 Å². The Labute approximate surface area is 205 Å². The summed E-state index contributed by atoms with van der Waals surface area (Å²) in [7, 11) is 0. The molecule has 5 rings (SSSR count). The van der Waals surface area contributed by atoms with Crippen LogP contribution in [-0.2, 0) is 0 Å². The van der Waals surface area contributed by atoms with Gasteiger partial charge in [-0.15, -0.1) is 0 Å². The van der Waals surface area contributed by atoms with E-state index in [4.69, 9.17) is 34.8 Å². The maximum atomic E-state index is 13.9. The Morgan fingerprint density at radius 2 is 1.24 bits per heavy atom. The van der Waals surface area contributed by atoms with Crippen LogP contribution in [0.2, 0.25) is 15.1 Å². The van der Waals surface area contributed by atoms with E-state index in [-0.39, 0.29) is 11.5 Å². The number of carbonyl (C=O) groups excluding carboxylic acids is 1. The largest absolute Gasteiger partial charge is 0.284 e. The van der Waals surface area contributed by atoms with Crippen LogP contribution in [0.1, 0.15) is 33.6 Å². The molecule has 1 aliphatic rings. The van der Waals surface area contributed by atoms with Crippen molar-refractivity contribution in [3.8, 4) is 0 Å². The Morgan fingerprint density at radius 3 is 1.85 bits per heavy atom. The molecule has 1 amide bonds. The number of nitrogens with zero attached hydrogens (tertiary/aromatic N) is 2. The number of benzene rings is 3. The van der Waals surface area contributed by atoms with Crippen LogP contribution in [0.3, 0.4) is 0 Å². The molecule has 0 aliphatic carbocycles. The monoisotopic (exact) mass is 494 g/mol. The summed E-state index contributed by atoms with van der Waals surface area (Å²) < 4.78 is 1.65. The molecule has 1 aromatic heterocycles. The SMILES string of the molecule is O=C(c1ccccc1Cl)N1c2cccc(=O)n2C(c2ccc(Cl)cc2)C1c1ccc(Cl)cc1. The number of hydrogen-bond acceptors (Lipinski definition) is 2. The summed E-state index contributed by atoms with van der Waals surface area (Å²) in [6, 6.07) is 25.5. The lowest BCUT2D eigenvalue weighted by Gasteiger charge is -2.28. The van der Waals surface area contributed by atoms with Gasteiger partial charge in [0.1, 0.15) is 5.82 Å². The Bertz CT molecular complexity index is 1400. The second-order valence-electron chi connectivity index (χ2n) is 7.74. The number of rotatable bonds is 3. The van der Waals surface area contributed by atoms with Crippen molar-refractivity contribution in [1.82, 2.24) is 4.57 Å². The predicted octanol–water partition coefficient (Wildman–Crippen LogP) is 6.80. The minimum Gasteiger partial charge on any atom is -0.284 e. The fraction of sp³-hybridized carbons (Fsp3) is 0.0769. The molecular formula is C26H17Cl3N2O2. The summed E-state index contributed by atoms with van der Waals surface area (Å²) in [5.41, 5.74) is 1.84. The van der Waals surface area contributed by atoms with Gasteiger partial charge in [-0.05, 0) is 53.6 Å². The van der Waals surface area contributed by atoms with Gasteiger partial charge in [-0.25, -0.2) is 0 Å². The van der Waals surface area contributed by atoms with Crippen molar-refractivity contribution in [3.63, 3.8) is 0 Å². The molecular weight excluding hydrogens is 479 g/mol. The van der Waals surface area contributed by atoms with E-state index in [1.165, 1.54) is 6.07 Å². The molecule has 0 bridgehead atoms. The maximum Gasteiger partial charge on any atom is 0.261 e. The molecule has 0 saturated heterocycles. The summed E-state index contributed by atoms with van der Waals surface area (Å²) in [6.07, 6.45) is 0. The van der Waals surface area contributed by atoms with Gasteiger partial charge in [-0.2, -0.15) is 0 Å². The van der Waals surface area contributed by atoms with Crippen molar-refractivity contribution in [2.45, 2.75) is 12.1 Å². The van der Waals surface area contributed by atoms with Crippen LogP contribution in [0.15, 0.2) is 95.8 Å². The third kappa shape index (κ3) is 3.84. The number of carbonyl (C=O) groups is 1. The van der Waals surface area contributed by atoms with Gasteiger partial charge in [-0.3, -0.25) is 19.1 Å². The van der Waals surface area contributed by atoms with Crippen LogP contribution in [0.5, 0.6) is 0 Å². The second kappa shape index (κ2) is 8.71. The summed E-state index contributed by atoms with van der Waals surface area (Å²) in [5, 5.41) is 1.51. The third-order valence-corrected chi connectivity index (χ3v) is 6.65. The molecule has 4 nitrogen and oxygen atoms in total. The van der Waals surface area contributed by atoms with Crippen LogP contribution in [-0.4, -0.2) is 10.5 Å². The zero-order chi connectivity index (χ0) is 23.1. The number of fused-ring (bicyclic) bond motifs is 1. The van der Waals surface area contributed by atoms with Crippen LogP contribution < -0.4 is 10.5 Å². The first kappa shape index (κ1) is 21.8. The highest BCUT2D eigenvalue weighted by Gasteiger charge is 2.44. The fourth-order valence-electron chi connectivity index (χ4n) is 4.37. The van der Waals surface area contributed by atoms with Gasteiger partial charge in [0.05, 0.1) is 22.7 Å². The van der Waals surface area contributed by atoms with E-state index in [0.717, 1.165) is 11.1 Å². The fourth-order valence-corrected chi connectivity index (χ4v) is 4.84. The number of pyridine rings is 1. The number of hydrogen-bond donors (Lipinski definition) is 0. The molecule has 0 spiro atoms. The third-order valence-electron chi connectivity index (χ3n) is 5.82. The number of amides is 1. The van der Waals surface area contributed by atoms with Gasteiger partial charge < -0.3 is 0 Å². The molecule has 0 N–H and O–H groups in total. The molecule has 1 aliphatic heterocycles. The van der Waals surface area contributed by atoms with Crippen molar-refractivity contribution in [3.05, 3.63) is 133 Å². The van der Waals surface area contributed by atoms with E-state index in [1.807, 2.05) is 24.3 Å². The molecule has 0 radical (unpaired) electrons. The highest BCUT2D eigenvalue weighted by atomic mass is 35.5. The van der Waals surface area contributed by atoms with Gasteiger partial charge in [0.2, 0.25) is 0 Å². The highest BCUT2D eigenvalue weighted by Crippen LogP contribution is 2.47. The minimum absolute atomic E-state index is 0.208. The van der Waals surface area contributed by atoms with E-state index >= 15 is 0 Å². The number of aromatic nitrogens is 1. The minimum atomic E-state index is -0.512. The molecule has 0 saturated carbocycles. The summed E-state index contributed by atoms with van der Waals surface area (Å²) >= 11 is 18.7. The molecule has 7 heteroatoms. The smallest absolute Gasteiger partial charge is 0.261 e. The topological polar surface area (TPSA) is 42.3 Å². The van der Waals surface area contributed by atoms with E-state index in [1.54, 1.807) is 70.1 Å². The average Bonchev–Trinajstić information content (AvgIpc) is 3.16. The van der Waals surface area contributed by atoms with Crippen LogP contribution in [0.25, 0.3) is 0 Å². The second-order valence-corrected chi connectivity index (χ2v) is 9.02. The van der Waals surface area contributed by atoms with Crippen molar-refractivity contribution in [1.29, 1.82) is 0 Å². The molecule has 0 fully saturated rings. The normalized spacial score (nSPS) is 17.1. The molecule has 2 atom stereocenters. The Morgan fingerprint density at radius 1 is 0.667 bits per heavy atom. The van der Waals surface area contributed by atoms with E-state index in [2.05, 4.69) is 0 Å². The standard InChI is InChI=1S/C26H17Cl3N2O2/c27-18-12-8-16(9-13-18)24-25(17-10-14-19(28)15-11-17)31(22-6-3-7-23(32)30(22)24)26(33)20-4-1-2-5-21(20)29/h1-15,24-25H. The Hall–Kier alpha value is -3.05. The first-order valence-electron chi connectivity index (χ1n) is 10.3. The summed E-state index contributed by atoms with van der Waals surface area (Å²) in [6.45, 7) is 0. The van der Waals surface area contributed by atoms with E-state index in [9.17, 15) is 9.59 Å². The molecule has 3 aromatic carbocycles. The zero-order valence-corrected chi connectivity index (χ0v) is 19.4. The van der Waals surface area contributed by atoms with Crippen molar-refractivity contribution < 1.29 is 4.79 Å². The first-order chi connectivity index (χ1) is 16.0. The number of halogens is 3. The van der Waals surface area contributed by atoms with E-state index in [0.29, 0.717) is 26.4 Å². The lowest BCUT2D eigenvalue weighted by molar-refractivity contribution is 0.0978. The number of anilines is 1. The molecule has 2 unspecified atom stereocenters. The average molecular weight is 496 g/mol. The van der Waals surface area contributed by atoms with Crippen molar-refractivity contribution in [2.24, 2.45) is 0 Å². The highest BCUT2D eigenvalue weighted by molar-refractivity contribution is 6.34. The van der Waals surface area contributed by atoms with Crippen molar-refractivity contribution in [2.75, 3.05) is 4.90 Å². The van der Waals surface area contributed by atoms with E-state index < -0.39 is 12.1 Å². The molecule has 2 heterocycles. The maximum absolute atomic E-state index is 13.9. The molecule has 4 aromatic rings. The van der Waals surface area contributed by atoms with Gasteiger partial charge in [-0.1, -0.05) is 77.3 Å². The van der Waals surface area contributed by atoms with Crippen LogP contribution in [0.4, 0.5) is 5.82 Å². The van der Waals surface area contributed by atoms with Gasteiger partial charge in [0, 0.05) is 16.1 Å². The van der Waals surface area contributed by atoms with Crippen molar-refractivity contribution >= 4 is 46.5 Å². The lowest BCUT2D eigenvalue weighted by atomic mass is 9.93.